The zero-order valence-electron chi connectivity index (χ0n) is 19.0. The summed E-state index contributed by atoms with van der Waals surface area (Å²) < 4.78 is 16.0. The molecule has 30 heavy (non-hydrogen) atoms. The smallest absolute Gasteiger partial charge is 0.410 e. The number of carbonyl (C=O) groups excluding carboxylic acids is 2. The molecule has 0 saturated carbocycles. The topological polar surface area (TPSA) is 80.3 Å². The number of amides is 2. The van der Waals surface area contributed by atoms with Gasteiger partial charge < -0.3 is 24.4 Å². The minimum atomic E-state index is -0.505. The lowest BCUT2D eigenvalue weighted by atomic mass is 10.1. The first-order valence-electron chi connectivity index (χ1n) is 10.3. The van der Waals surface area contributed by atoms with E-state index < -0.39 is 5.60 Å². The molecule has 0 radical (unpaired) electrons. The van der Waals surface area contributed by atoms with Crippen LogP contribution >= 0.6 is 0 Å². The molecule has 0 bridgehead atoms. The SMILES string of the molecule is COc1ccc(CCNC(=O)C(C)N2CCN(C(=O)OC(C)(C)C)CC2)cc1OC. The molecule has 1 atom stereocenters. The zero-order chi connectivity index (χ0) is 22.3. The predicted octanol–water partition coefficient (Wildman–Crippen LogP) is 2.30. The van der Waals surface area contributed by atoms with Gasteiger partial charge in [-0.15, -0.1) is 0 Å². The van der Waals surface area contributed by atoms with E-state index in [0.29, 0.717) is 50.6 Å². The summed E-state index contributed by atoms with van der Waals surface area (Å²) in [6.07, 6.45) is 0.403. The van der Waals surface area contributed by atoms with Crippen LogP contribution in [0.3, 0.4) is 0 Å². The molecular weight excluding hydrogens is 386 g/mol. The van der Waals surface area contributed by atoms with E-state index in [9.17, 15) is 9.59 Å². The zero-order valence-corrected chi connectivity index (χ0v) is 19.0. The Morgan fingerprint density at radius 3 is 2.27 bits per heavy atom. The average Bonchev–Trinajstić information content (AvgIpc) is 2.71. The van der Waals surface area contributed by atoms with E-state index >= 15 is 0 Å². The Kier molecular flexibility index (Phi) is 8.34. The van der Waals surface area contributed by atoms with Crippen molar-refractivity contribution in [1.29, 1.82) is 0 Å². The molecule has 0 aliphatic carbocycles. The van der Waals surface area contributed by atoms with Crippen molar-refractivity contribution < 1.29 is 23.8 Å². The van der Waals surface area contributed by atoms with Gasteiger partial charge in [-0.2, -0.15) is 0 Å². The van der Waals surface area contributed by atoms with E-state index in [1.165, 1.54) is 0 Å². The summed E-state index contributed by atoms with van der Waals surface area (Å²) in [5, 5.41) is 3.00. The van der Waals surface area contributed by atoms with Crippen LogP contribution in [0.25, 0.3) is 0 Å². The van der Waals surface area contributed by atoms with Crippen LogP contribution in [0.4, 0.5) is 4.79 Å². The largest absolute Gasteiger partial charge is 0.493 e. The number of ether oxygens (including phenoxy) is 3. The maximum atomic E-state index is 12.6. The Morgan fingerprint density at radius 2 is 1.70 bits per heavy atom. The highest BCUT2D eigenvalue weighted by molar-refractivity contribution is 5.81. The Balaban J connectivity index is 1.77. The predicted molar refractivity (Wildman–Crippen MR) is 115 cm³/mol. The summed E-state index contributed by atoms with van der Waals surface area (Å²) in [5.74, 6) is 1.35. The van der Waals surface area contributed by atoms with Crippen molar-refractivity contribution in [3.63, 3.8) is 0 Å². The second kappa shape index (κ2) is 10.5. The van der Waals surface area contributed by atoms with Gasteiger partial charge in [0.25, 0.3) is 0 Å². The third kappa shape index (κ3) is 6.79. The van der Waals surface area contributed by atoms with E-state index in [0.717, 1.165) is 5.56 Å². The Morgan fingerprint density at radius 1 is 1.07 bits per heavy atom. The highest BCUT2D eigenvalue weighted by atomic mass is 16.6. The molecule has 1 N–H and O–H groups in total. The van der Waals surface area contributed by atoms with Crippen LogP contribution in [0, 0.1) is 0 Å². The van der Waals surface area contributed by atoms with Crippen LogP contribution < -0.4 is 14.8 Å². The second-order valence-corrected chi connectivity index (χ2v) is 8.41. The van der Waals surface area contributed by atoms with E-state index in [-0.39, 0.29) is 18.0 Å². The first-order chi connectivity index (χ1) is 14.1. The van der Waals surface area contributed by atoms with Crippen molar-refractivity contribution >= 4 is 12.0 Å². The molecule has 2 amide bonds. The van der Waals surface area contributed by atoms with Gasteiger partial charge in [-0.3, -0.25) is 9.69 Å². The maximum absolute atomic E-state index is 12.6. The number of methoxy groups -OCH3 is 2. The van der Waals surface area contributed by atoms with E-state index in [2.05, 4.69) is 10.2 Å². The number of rotatable bonds is 7. The van der Waals surface area contributed by atoms with Gasteiger partial charge in [-0.25, -0.2) is 4.79 Å². The molecule has 168 valence electrons. The van der Waals surface area contributed by atoms with Gasteiger partial charge in [0.05, 0.1) is 20.3 Å². The van der Waals surface area contributed by atoms with E-state index in [1.54, 1.807) is 19.1 Å². The van der Waals surface area contributed by atoms with Gasteiger partial charge in [0, 0.05) is 32.7 Å². The van der Waals surface area contributed by atoms with E-state index in [1.807, 2.05) is 45.9 Å². The molecular formula is C22H35N3O5. The normalized spacial score (nSPS) is 16.0. The third-order valence-corrected chi connectivity index (χ3v) is 5.05. The highest BCUT2D eigenvalue weighted by Crippen LogP contribution is 2.27. The molecule has 8 heteroatoms. The summed E-state index contributed by atoms with van der Waals surface area (Å²) in [6, 6.07) is 5.50. The lowest BCUT2D eigenvalue weighted by molar-refractivity contribution is -0.126. The lowest BCUT2D eigenvalue weighted by Gasteiger charge is -2.37. The van der Waals surface area contributed by atoms with Gasteiger partial charge >= 0.3 is 6.09 Å². The first-order valence-corrected chi connectivity index (χ1v) is 10.3. The third-order valence-electron chi connectivity index (χ3n) is 5.05. The number of nitrogens with zero attached hydrogens (tertiary/aromatic N) is 2. The van der Waals surface area contributed by atoms with Crippen molar-refractivity contribution in [2.75, 3.05) is 46.9 Å². The van der Waals surface area contributed by atoms with Gasteiger partial charge in [0.2, 0.25) is 5.91 Å². The van der Waals surface area contributed by atoms with Gasteiger partial charge in [0.15, 0.2) is 11.5 Å². The van der Waals surface area contributed by atoms with Crippen LogP contribution in [-0.4, -0.2) is 80.4 Å². The van der Waals surface area contributed by atoms with Crippen LogP contribution in [0.1, 0.15) is 33.3 Å². The summed E-state index contributed by atoms with van der Waals surface area (Å²) in [7, 11) is 3.21. The molecule has 1 aromatic carbocycles. The van der Waals surface area contributed by atoms with E-state index in [4.69, 9.17) is 14.2 Å². The first kappa shape index (κ1) is 23.8. The van der Waals surface area contributed by atoms with Gasteiger partial charge in [-0.1, -0.05) is 6.07 Å². The summed E-state index contributed by atoms with van der Waals surface area (Å²) in [5.41, 5.74) is 0.557. The number of benzene rings is 1. The monoisotopic (exact) mass is 421 g/mol. The van der Waals surface area contributed by atoms with Crippen LogP contribution in [-0.2, 0) is 16.0 Å². The van der Waals surface area contributed by atoms with Crippen molar-refractivity contribution in [1.82, 2.24) is 15.1 Å². The Labute approximate surface area is 179 Å². The number of carbonyl (C=O) groups is 2. The number of nitrogens with one attached hydrogen (secondary N) is 1. The molecule has 1 saturated heterocycles. The Hall–Kier alpha value is -2.48. The fraction of sp³-hybridized carbons (Fsp3) is 0.636. The van der Waals surface area contributed by atoms with Crippen molar-refractivity contribution in [3.8, 4) is 11.5 Å². The van der Waals surface area contributed by atoms with Gasteiger partial charge in [0.1, 0.15) is 5.60 Å². The molecule has 1 aliphatic rings. The molecule has 1 unspecified atom stereocenters. The highest BCUT2D eigenvalue weighted by Gasteiger charge is 2.29. The van der Waals surface area contributed by atoms with Crippen molar-refractivity contribution in [2.45, 2.75) is 45.8 Å². The molecule has 0 spiro atoms. The van der Waals surface area contributed by atoms with Crippen molar-refractivity contribution in [3.05, 3.63) is 23.8 Å². The van der Waals surface area contributed by atoms with Crippen molar-refractivity contribution in [2.24, 2.45) is 0 Å². The number of piperazine rings is 1. The summed E-state index contributed by atoms with van der Waals surface area (Å²) >= 11 is 0. The molecule has 2 rings (SSSR count). The van der Waals surface area contributed by atoms with Gasteiger partial charge in [-0.05, 0) is 51.8 Å². The standard InChI is InChI=1S/C22H35N3O5/c1-16(24-11-13-25(14-12-24)21(27)30-22(2,3)4)20(26)23-10-9-17-7-8-18(28-5)19(15-17)29-6/h7-8,15-16H,9-14H2,1-6H3,(H,23,26). The van der Waals surface area contributed by atoms with Crippen LogP contribution in [0.15, 0.2) is 18.2 Å². The molecule has 1 aromatic rings. The minimum Gasteiger partial charge on any atom is -0.493 e. The fourth-order valence-electron chi connectivity index (χ4n) is 3.30. The molecule has 1 aliphatic heterocycles. The Bertz CT molecular complexity index is 724. The lowest BCUT2D eigenvalue weighted by Crippen LogP contribution is -2.55. The number of hydrogen-bond donors (Lipinski definition) is 1. The maximum Gasteiger partial charge on any atom is 0.410 e. The minimum absolute atomic E-state index is 0.0128. The van der Waals surface area contributed by atoms with Crippen LogP contribution in [0.5, 0.6) is 11.5 Å². The molecule has 1 heterocycles. The quantitative estimate of drug-likeness (QED) is 0.728. The van der Waals surface area contributed by atoms with Crippen LogP contribution in [0.2, 0.25) is 0 Å². The second-order valence-electron chi connectivity index (χ2n) is 8.41. The number of hydrogen-bond acceptors (Lipinski definition) is 6. The fourth-order valence-corrected chi connectivity index (χ4v) is 3.30. The summed E-state index contributed by atoms with van der Waals surface area (Å²) in [6.45, 7) is 10.4. The average molecular weight is 422 g/mol. The molecule has 8 nitrogen and oxygen atoms in total. The molecule has 0 aromatic heterocycles. The molecule has 1 fully saturated rings. The summed E-state index contributed by atoms with van der Waals surface area (Å²) in [4.78, 5) is 28.5.